The summed E-state index contributed by atoms with van der Waals surface area (Å²) in [4.78, 5) is 28.6. The van der Waals surface area contributed by atoms with Crippen molar-refractivity contribution in [2.75, 3.05) is 13.1 Å². The third kappa shape index (κ3) is 2.74. The van der Waals surface area contributed by atoms with Crippen LogP contribution in [0.2, 0.25) is 0 Å². The summed E-state index contributed by atoms with van der Waals surface area (Å²) in [5.74, 6) is -0.00784. The molecule has 0 bridgehead atoms. The first kappa shape index (κ1) is 17.2. The number of benzene rings is 1. The van der Waals surface area contributed by atoms with Gasteiger partial charge in [0, 0.05) is 24.8 Å². The molecule has 139 valence electrons. The molecular formula is C23H19N2O2S. The Labute approximate surface area is 166 Å². The van der Waals surface area contributed by atoms with Crippen molar-refractivity contribution in [2.24, 2.45) is 0 Å². The number of rotatable bonds is 2. The molecule has 5 rings (SSSR count). The fourth-order valence-electron chi connectivity index (χ4n) is 3.91. The molecule has 1 amide bonds. The number of hydrogen-bond acceptors (Lipinski definition) is 3. The monoisotopic (exact) mass is 387 g/mol. The summed E-state index contributed by atoms with van der Waals surface area (Å²) in [7, 11) is 0. The summed E-state index contributed by atoms with van der Waals surface area (Å²) >= 11 is 1.57. The average Bonchev–Trinajstić information content (AvgIpc) is 3.24. The van der Waals surface area contributed by atoms with Crippen LogP contribution >= 0.6 is 11.3 Å². The van der Waals surface area contributed by atoms with Gasteiger partial charge >= 0.3 is 0 Å². The van der Waals surface area contributed by atoms with Gasteiger partial charge in [-0.25, -0.2) is 0 Å². The van der Waals surface area contributed by atoms with Crippen LogP contribution in [0.3, 0.4) is 0 Å². The summed E-state index contributed by atoms with van der Waals surface area (Å²) in [5, 5.41) is 3.06. The molecule has 0 unspecified atom stereocenters. The molecule has 1 fully saturated rings. The summed E-state index contributed by atoms with van der Waals surface area (Å²) in [6.45, 7) is 1.41. The quantitative estimate of drug-likeness (QED) is 0.504. The molecule has 1 aromatic carbocycles. The topological polar surface area (TPSA) is 41.8 Å². The number of pyridine rings is 2. The van der Waals surface area contributed by atoms with Crippen molar-refractivity contribution < 1.29 is 4.79 Å². The molecule has 3 aromatic heterocycles. The molecule has 4 nitrogen and oxygen atoms in total. The number of amides is 1. The lowest BCUT2D eigenvalue weighted by Gasteiger charge is -2.27. The second-order valence-corrected chi connectivity index (χ2v) is 7.98. The van der Waals surface area contributed by atoms with E-state index in [4.69, 9.17) is 0 Å². The Bertz CT molecular complexity index is 1230. The fourth-order valence-corrected chi connectivity index (χ4v) is 4.86. The maximum absolute atomic E-state index is 13.5. The van der Waals surface area contributed by atoms with E-state index >= 15 is 0 Å². The number of thiophene rings is 1. The largest absolute Gasteiger partial charge is 0.338 e. The normalized spacial score (nSPS) is 14.6. The summed E-state index contributed by atoms with van der Waals surface area (Å²) in [6, 6.07) is 15.3. The Hall–Kier alpha value is -2.92. The first-order valence-corrected chi connectivity index (χ1v) is 10.3. The maximum atomic E-state index is 13.5. The van der Waals surface area contributed by atoms with E-state index in [1.165, 1.54) is 0 Å². The molecule has 0 saturated carbocycles. The number of piperidine rings is 1. The van der Waals surface area contributed by atoms with E-state index in [0.717, 1.165) is 35.0 Å². The second-order valence-electron chi connectivity index (χ2n) is 7.06. The van der Waals surface area contributed by atoms with E-state index in [0.29, 0.717) is 23.2 Å². The highest BCUT2D eigenvalue weighted by molar-refractivity contribution is 7.18. The van der Waals surface area contributed by atoms with Crippen molar-refractivity contribution in [3.8, 4) is 11.1 Å². The van der Waals surface area contributed by atoms with Crippen molar-refractivity contribution in [3.05, 3.63) is 82.4 Å². The van der Waals surface area contributed by atoms with Gasteiger partial charge in [0.2, 0.25) is 0 Å². The standard InChI is InChI=1S/C23H19N2O2S/c26-22(24-11-5-2-6-12-24)19-15-18(16-7-3-1-4-8-16)23(27)25-13-9-17-10-14-28-21(17)20(19)25/h1,3-5,7-10,13-15H,2,6,11-12H2. The Morgan fingerprint density at radius 1 is 1.07 bits per heavy atom. The number of nitrogens with zero attached hydrogens (tertiary/aromatic N) is 2. The molecule has 0 spiro atoms. The lowest BCUT2D eigenvalue weighted by atomic mass is 10.0. The molecule has 1 saturated heterocycles. The highest BCUT2D eigenvalue weighted by atomic mass is 32.1. The molecule has 28 heavy (non-hydrogen) atoms. The second kappa shape index (κ2) is 6.91. The van der Waals surface area contributed by atoms with Crippen LogP contribution in [-0.4, -0.2) is 28.3 Å². The first-order valence-electron chi connectivity index (χ1n) is 9.46. The third-order valence-electron chi connectivity index (χ3n) is 5.34. The predicted octanol–water partition coefficient (Wildman–Crippen LogP) is 4.62. The molecule has 4 heterocycles. The van der Waals surface area contributed by atoms with Gasteiger partial charge in [-0.15, -0.1) is 11.3 Å². The van der Waals surface area contributed by atoms with Gasteiger partial charge in [0.05, 0.1) is 15.8 Å². The van der Waals surface area contributed by atoms with E-state index in [1.807, 2.05) is 52.7 Å². The zero-order chi connectivity index (χ0) is 19.1. The first-order chi connectivity index (χ1) is 13.7. The molecule has 0 aliphatic carbocycles. The van der Waals surface area contributed by atoms with Gasteiger partial charge in [-0.2, -0.15) is 0 Å². The summed E-state index contributed by atoms with van der Waals surface area (Å²) in [5.41, 5.74) is 2.60. The van der Waals surface area contributed by atoms with Crippen molar-refractivity contribution in [1.29, 1.82) is 0 Å². The van der Waals surface area contributed by atoms with E-state index in [1.54, 1.807) is 28.0 Å². The van der Waals surface area contributed by atoms with Crippen LogP contribution in [0.1, 0.15) is 23.2 Å². The molecule has 4 aromatic rings. The Morgan fingerprint density at radius 2 is 1.93 bits per heavy atom. The number of aromatic nitrogens is 1. The zero-order valence-electron chi connectivity index (χ0n) is 15.3. The maximum Gasteiger partial charge on any atom is 0.263 e. The summed E-state index contributed by atoms with van der Waals surface area (Å²) in [6.07, 6.45) is 5.97. The smallest absolute Gasteiger partial charge is 0.263 e. The molecule has 1 aliphatic heterocycles. The van der Waals surface area contributed by atoms with Gasteiger partial charge in [0.15, 0.2) is 0 Å². The zero-order valence-corrected chi connectivity index (χ0v) is 16.1. The molecule has 0 N–H and O–H groups in total. The van der Waals surface area contributed by atoms with Crippen LogP contribution < -0.4 is 5.56 Å². The highest BCUT2D eigenvalue weighted by Crippen LogP contribution is 2.30. The lowest BCUT2D eigenvalue weighted by molar-refractivity contribution is 0.0751. The van der Waals surface area contributed by atoms with Crippen molar-refractivity contribution in [3.63, 3.8) is 0 Å². The molecule has 5 heteroatoms. The molecule has 1 aliphatic rings. The fraction of sp³-hybridized carbons (Fsp3) is 0.174. The van der Waals surface area contributed by atoms with Gasteiger partial charge in [-0.3, -0.25) is 14.0 Å². The minimum atomic E-state index is -0.0988. The van der Waals surface area contributed by atoms with Crippen LogP contribution in [-0.2, 0) is 0 Å². The van der Waals surface area contributed by atoms with E-state index in [2.05, 4.69) is 6.42 Å². The van der Waals surface area contributed by atoms with Crippen molar-refractivity contribution in [2.45, 2.75) is 12.8 Å². The Morgan fingerprint density at radius 3 is 2.71 bits per heavy atom. The summed E-state index contributed by atoms with van der Waals surface area (Å²) < 4.78 is 2.62. The van der Waals surface area contributed by atoms with Crippen LogP contribution in [0.15, 0.2) is 64.9 Å². The van der Waals surface area contributed by atoms with Crippen LogP contribution in [0.25, 0.3) is 26.7 Å². The van der Waals surface area contributed by atoms with Crippen LogP contribution in [0.5, 0.6) is 0 Å². The van der Waals surface area contributed by atoms with Gasteiger partial charge in [-0.05, 0) is 53.8 Å². The lowest BCUT2D eigenvalue weighted by Crippen LogP contribution is -2.36. The number of fused-ring (bicyclic) bond motifs is 3. The van der Waals surface area contributed by atoms with Gasteiger partial charge in [-0.1, -0.05) is 30.3 Å². The van der Waals surface area contributed by atoms with Crippen LogP contribution in [0, 0.1) is 6.42 Å². The number of carbonyl (C=O) groups is 1. The van der Waals surface area contributed by atoms with Gasteiger partial charge in [0.1, 0.15) is 0 Å². The highest BCUT2D eigenvalue weighted by Gasteiger charge is 2.24. The van der Waals surface area contributed by atoms with E-state index < -0.39 is 0 Å². The number of hydrogen-bond donors (Lipinski definition) is 0. The van der Waals surface area contributed by atoms with Gasteiger partial charge < -0.3 is 4.90 Å². The molecule has 0 atom stereocenters. The van der Waals surface area contributed by atoms with E-state index in [9.17, 15) is 9.59 Å². The van der Waals surface area contributed by atoms with E-state index in [-0.39, 0.29) is 11.5 Å². The Kier molecular flexibility index (Phi) is 4.24. The van der Waals surface area contributed by atoms with Gasteiger partial charge in [0.25, 0.3) is 11.5 Å². The minimum absolute atomic E-state index is 0.00784. The van der Waals surface area contributed by atoms with Crippen LogP contribution in [0.4, 0.5) is 0 Å². The average molecular weight is 387 g/mol. The predicted molar refractivity (Wildman–Crippen MR) is 114 cm³/mol. The number of likely N-dealkylation sites (tertiary alicyclic amines) is 1. The number of carbonyl (C=O) groups excluding carboxylic acids is 1. The molecular weight excluding hydrogens is 368 g/mol. The Balaban J connectivity index is 1.82. The van der Waals surface area contributed by atoms with Crippen molar-refractivity contribution >= 4 is 32.8 Å². The SMILES string of the molecule is O=C(c1cc(-c2ccccc2)c(=O)n2ccc3ccsc3c12)N1C[CH]CCC1. The third-order valence-corrected chi connectivity index (χ3v) is 6.27. The molecule has 1 radical (unpaired) electrons. The minimum Gasteiger partial charge on any atom is -0.338 e. The van der Waals surface area contributed by atoms with Crippen molar-refractivity contribution in [1.82, 2.24) is 9.30 Å².